The summed E-state index contributed by atoms with van der Waals surface area (Å²) in [6, 6.07) is 31.9. The molecule has 5 heteroatoms. The van der Waals surface area contributed by atoms with Gasteiger partial charge in [0.1, 0.15) is 5.54 Å². The molecule has 0 aromatic heterocycles. The van der Waals surface area contributed by atoms with Gasteiger partial charge in [0.25, 0.3) is 0 Å². The zero-order valence-electron chi connectivity index (χ0n) is 19.9. The number of carbonyl (C=O) groups is 1. The molecule has 0 saturated carbocycles. The smallest absolute Gasteiger partial charge is 0.319 e. The SMILES string of the molecule is C[N+]1(CCCc2ccccc2)CCC(N2CC(c3ccccc3)(c3ccccc3)NC2=O)C1.[I-]. The van der Waals surface area contributed by atoms with Gasteiger partial charge >= 0.3 is 6.03 Å². The lowest BCUT2D eigenvalue weighted by molar-refractivity contribution is -0.898. The number of halogens is 1. The van der Waals surface area contributed by atoms with Crippen LogP contribution in [0.1, 0.15) is 29.5 Å². The monoisotopic (exact) mass is 567 g/mol. The molecule has 2 aliphatic heterocycles. The van der Waals surface area contributed by atoms with Crippen molar-refractivity contribution in [2.24, 2.45) is 0 Å². The number of nitrogens with one attached hydrogen (secondary N) is 1. The third-order valence-electron chi connectivity index (χ3n) is 7.62. The molecule has 0 radical (unpaired) electrons. The molecule has 2 fully saturated rings. The van der Waals surface area contributed by atoms with Crippen molar-refractivity contribution in [2.45, 2.75) is 30.8 Å². The van der Waals surface area contributed by atoms with Gasteiger partial charge in [0.05, 0.1) is 39.3 Å². The topological polar surface area (TPSA) is 32.3 Å². The van der Waals surface area contributed by atoms with Crippen molar-refractivity contribution in [1.82, 2.24) is 10.2 Å². The highest BCUT2D eigenvalue weighted by Crippen LogP contribution is 2.37. The molecule has 34 heavy (non-hydrogen) atoms. The number of quaternary nitrogens is 1. The van der Waals surface area contributed by atoms with Gasteiger partial charge in [0.15, 0.2) is 0 Å². The van der Waals surface area contributed by atoms with E-state index in [1.165, 1.54) is 12.0 Å². The number of likely N-dealkylation sites (N-methyl/N-ethyl adjacent to an activating group) is 1. The molecule has 0 aliphatic carbocycles. The van der Waals surface area contributed by atoms with E-state index in [1.807, 2.05) is 12.1 Å². The Labute approximate surface area is 220 Å². The van der Waals surface area contributed by atoms with E-state index in [4.69, 9.17) is 0 Å². The number of hydrogen-bond acceptors (Lipinski definition) is 1. The molecule has 178 valence electrons. The Balaban J connectivity index is 0.00000274. The Kier molecular flexibility index (Phi) is 7.63. The maximum absolute atomic E-state index is 13.3. The zero-order valence-corrected chi connectivity index (χ0v) is 22.0. The lowest BCUT2D eigenvalue weighted by Crippen LogP contribution is -3.00. The van der Waals surface area contributed by atoms with Crippen LogP contribution in [-0.2, 0) is 12.0 Å². The minimum Gasteiger partial charge on any atom is -1.00 e. The van der Waals surface area contributed by atoms with Crippen LogP contribution in [0.3, 0.4) is 0 Å². The molecule has 2 heterocycles. The first-order chi connectivity index (χ1) is 16.1. The Morgan fingerprint density at radius 1 is 0.912 bits per heavy atom. The highest BCUT2D eigenvalue weighted by atomic mass is 127. The van der Waals surface area contributed by atoms with Gasteiger partial charge in [-0.05, 0) is 23.1 Å². The van der Waals surface area contributed by atoms with Crippen LogP contribution in [0.15, 0.2) is 91.0 Å². The summed E-state index contributed by atoms with van der Waals surface area (Å²) < 4.78 is 1.05. The molecule has 2 aliphatic rings. The highest BCUT2D eigenvalue weighted by Gasteiger charge is 2.50. The minimum absolute atomic E-state index is 0. The fourth-order valence-corrected chi connectivity index (χ4v) is 5.77. The molecule has 2 saturated heterocycles. The van der Waals surface area contributed by atoms with Gasteiger partial charge in [0, 0.05) is 12.8 Å². The number of nitrogens with zero attached hydrogens (tertiary/aromatic N) is 2. The highest BCUT2D eigenvalue weighted by molar-refractivity contribution is 5.80. The van der Waals surface area contributed by atoms with Gasteiger partial charge in [-0.2, -0.15) is 0 Å². The molecule has 2 atom stereocenters. The van der Waals surface area contributed by atoms with Crippen molar-refractivity contribution in [2.75, 3.05) is 33.2 Å². The molecule has 2 unspecified atom stereocenters. The molecular weight excluding hydrogens is 533 g/mol. The lowest BCUT2D eigenvalue weighted by atomic mass is 9.83. The van der Waals surface area contributed by atoms with Crippen molar-refractivity contribution in [3.8, 4) is 0 Å². The average Bonchev–Trinajstić information content (AvgIpc) is 3.42. The van der Waals surface area contributed by atoms with Gasteiger partial charge < -0.3 is 38.7 Å². The first kappa shape index (κ1) is 24.7. The summed E-state index contributed by atoms with van der Waals surface area (Å²) in [5.41, 5.74) is 3.20. The van der Waals surface area contributed by atoms with E-state index < -0.39 is 5.54 Å². The quantitative estimate of drug-likeness (QED) is 0.343. The van der Waals surface area contributed by atoms with Crippen LogP contribution in [0.2, 0.25) is 0 Å². The van der Waals surface area contributed by atoms with Gasteiger partial charge in [-0.25, -0.2) is 4.79 Å². The molecular formula is C29H34IN3O. The molecule has 0 spiro atoms. The van der Waals surface area contributed by atoms with Crippen LogP contribution in [0.25, 0.3) is 0 Å². The second kappa shape index (κ2) is 10.5. The Bertz CT molecular complexity index is 1040. The number of amides is 2. The van der Waals surface area contributed by atoms with E-state index in [0.29, 0.717) is 6.54 Å². The van der Waals surface area contributed by atoms with Crippen molar-refractivity contribution in [1.29, 1.82) is 0 Å². The molecule has 1 N–H and O–H groups in total. The minimum atomic E-state index is -0.501. The predicted molar refractivity (Wildman–Crippen MR) is 133 cm³/mol. The van der Waals surface area contributed by atoms with Crippen LogP contribution >= 0.6 is 0 Å². The first-order valence-corrected chi connectivity index (χ1v) is 12.2. The van der Waals surface area contributed by atoms with E-state index >= 15 is 0 Å². The fourth-order valence-electron chi connectivity index (χ4n) is 5.77. The molecule has 5 rings (SSSR count). The predicted octanol–water partition coefficient (Wildman–Crippen LogP) is 1.81. The van der Waals surface area contributed by atoms with E-state index in [0.717, 1.165) is 48.1 Å². The number of rotatable bonds is 7. The summed E-state index contributed by atoms with van der Waals surface area (Å²) >= 11 is 0. The Hall–Kier alpha value is -2.38. The van der Waals surface area contributed by atoms with Crippen molar-refractivity contribution in [3.05, 3.63) is 108 Å². The van der Waals surface area contributed by atoms with Crippen LogP contribution in [0, 0.1) is 0 Å². The first-order valence-electron chi connectivity index (χ1n) is 12.2. The van der Waals surface area contributed by atoms with Gasteiger partial charge in [-0.1, -0.05) is 91.0 Å². The van der Waals surface area contributed by atoms with Crippen LogP contribution in [0.4, 0.5) is 4.79 Å². The van der Waals surface area contributed by atoms with Crippen molar-refractivity contribution in [3.63, 3.8) is 0 Å². The van der Waals surface area contributed by atoms with E-state index in [9.17, 15) is 4.79 Å². The molecule has 0 bridgehead atoms. The van der Waals surface area contributed by atoms with Crippen molar-refractivity contribution < 1.29 is 33.3 Å². The second-order valence-corrected chi connectivity index (χ2v) is 9.98. The van der Waals surface area contributed by atoms with Crippen LogP contribution in [-0.4, -0.2) is 54.7 Å². The summed E-state index contributed by atoms with van der Waals surface area (Å²) in [5.74, 6) is 0. The zero-order chi connectivity index (χ0) is 22.7. The summed E-state index contributed by atoms with van der Waals surface area (Å²) in [5, 5.41) is 3.40. The van der Waals surface area contributed by atoms with Crippen molar-refractivity contribution >= 4 is 6.03 Å². The Morgan fingerprint density at radius 3 is 2.06 bits per heavy atom. The van der Waals surface area contributed by atoms with Crippen LogP contribution < -0.4 is 29.3 Å². The third-order valence-corrected chi connectivity index (χ3v) is 7.62. The second-order valence-electron chi connectivity index (χ2n) is 9.98. The third kappa shape index (κ3) is 5.01. The van der Waals surface area contributed by atoms with Crippen LogP contribution in [0.5, 0.6) is 0 Å². The summed E-state index contributed by atoms with van der Waals surface area (Å²) in [6.45, 7) is 3.99. The van der Waals surface area contributed by atoms with Gasteiger partial charge in [-0.15, -0.1) is 0 Å². The van der Waals surface area contributed by atoms with E-state index in [2.05, 4.69) is 96.1 Å². The summed E-state index contributed by atoms with van der Waals surface area (Å²) in [4.78, 5) is 15.5. The molecule has 2 amide bonds. The normalized spacial score (nSPS) is 23.4. The number of aryl methyl sites for hydroxylation is 1. The average molecular weight is 568 g/mol. The lowest BCUT2D eigenvalue weighted by Gasteiger charge is -2.32. The Morgan fingerprint density at radius 2 is 1.47 bits per heavy atom. The largest absolute Gasteiger partial charge is 1.00 e. The number of likely N-dealkylation sites (tertiary alicyclic amines) is 1. The molecule has 3 aromatic carbocycles. The number of carbonyl (C=O) groups excluding carboxylic acids is 1. The maximum atomic E-state index is 13.3. The number of hydrogen-bond donors (Lipinski definition) is 1. The standard InChI is InChI=1S/C29H33N3O.HI/c1-32(20-11-14-24-12-5-2-6-13-24)21-19-27(22-32)31-23-29(30-28(31)33,25-15-7-3-8-16-25)26-17-9-4-10-18-26;/h2-10,12-13,15-18,27H,11,14,19-23H2,1H3;1H. The summed E-state index contributed by atoms with van der Waals surface area (Å²) in [7, 11) is 2.36. The maximum Gasteiger partial charge on any atom is 0.319 e. The van der Waals surface area contributed by atoms with Gasteiger partial charge in [0.2, 0.25) is 0 Å². The van der Waals surface area contributed by atoms with E-state index in [-0.39, 0.29) is 36.0 Å². The van der Waals surface area contributed by atoms with Gasteiger partial charge in [-0.3, -0.25) is 0 Å². The summed E-state index contributed by atoms with van der Waals surface area (Å²) in [6.07, 6.45) is 3.36. The number of benzene rings is 3. The molecule has 3 aromatic rings. The fraction of sp³-hybridized carbons (Fsp3) is 0.345. The van der Waals surface area contributed by atoms with E-state index in [1.54, 1.807) is 0 Å². The number of urea groups is 1. The molecule has 4 nitrogen and oxygen atoms in total.